The number of ether oxygens (including phenoxy) is 1. The fourth-order valence-electron chi connectivity index (χ4n) is 3.39. The van der Waals surface area contributed by atoms with E-state index in [1.807, 2.05) is 51.1 Å². The molecule has 0 saturated carbocycles. The number of aryl methyl sites for hydroxylation is 3. The molecule has 3 aromatic rings. The monoisotopic (exact) mass is 363 g/mol. The van der Waals surface area contributed by atoms with Crippen molar-refractivity contribution in [2.45, 2.75) is 34.1 Å². The minimum Gasteiger partial charge on any atom is -0.496 e. The van der Waals surface area contributed by atoms with Crippen molar-refractivity contribution in [2.75, 3.05) is 12.4 Å². The highest BCUT2D eigenvalue weighted by atomic mass is 16.5. The summed E-state index contributed by atoms with van der Waals surface area (Å²) in [5.74, 6) is 0.574. The van der Waals surface area contributed by atoms with Gasteiger partial charge in [-0.15, -0.1) is 0 Å². The zero-order chi connectivity index (χ0) is 19.6. The van der Waals surface area contributed by atoms with E-state index in [1.54, 1.807) is 19.4 Å². The van der Waals surface area contributed by atoms with Crippen molar-refractivity contribution >= 4 is 28.1 Å². The first kappa shape index (κ1) is 18.8. The molecule has 0 bridgehead atoms. The maximum atomic E-state index is 12.6. The number of fused-ring (bicyclic) bond motifs is 1. The third-order valence-corrected chi connectivity index (χ3v) is 4.87. The molecule has 1 aromatic heterocycles. The van der Waals surface area contributed by atoms with Crippen molar-refractivity contribution in [3.05, 3.63) is 64.9 Å². The lowest BCUT2D eigenvalue weighted by molar-refractivity contribution is -0.111. The largest absolute Gasteiger partial charge is 0.496 e. The third kappa shape index (κ3) is 3.61. The maximum absolute atomic E-state index is 12.6. The summed E-state index contributed by atoms with van der Waals surface area (Å²) in [6, 6.07) is 9.87. The first-order valence-electron chi connectivity index (χ1n) is 9.09. The van der Waals surface area contributed by atoms with Gasteiger partial charge in [0.05, 0.1) is 13.4 Å². The Bertz CT molecular complexity index is 1030. The number of para-hydroxylation sites is 1. The van der Waals surface area contributed by atoms with Crippen molar-refractivity contribution in [2.24, 2.45) is 0 Å². The normalized spacial score (nSPS) is 11.7. The van der Waals surface area contributed by atoms with E-state index < -0.39 is 0 Å². The third-order valence-electron chi connectivity index (χ3n) is 4.87. The molecule has 0 fully saturated rings. The van der Waals surface area contributed by atoms with Crippen LogP contribution in [0.15, 0.2) is 47.1 Å². The number of allylic oxidation sites excluding steroid dienone is 1. The van der Waals surface area contributed by atoms with E-state index in [-0.39, 0.29) is 5.91 Å². The fraction of sp³-hybridized carbons (Fsp3) is 0.261. The van der Waals surface area contributed by atoms with Crippen molar-refractivity contribution in [1.29, 1.82) is 0 Å². The van der Waals surface area contributed by atoms with E-state index in [9.17, 15) is 4.79 Å². The molecule has 0 spiro atoms. The van der Waals surface area contributed by atoms with Gasteiger partial charge in [-0.25, -0.2) is 0 Å². The van der Waals surface area contributed by atoms with Crippen LogP contribution in [0.2, 0.25) is 0 Å². The average molecular weight is 363 g/mol. The number of furan rings is 1. The quantitative estimate of drug-likeness (QED) is 0.595. The van der Waals surface area contributed by atoms with Gasteiger partial charge in [0.1, 0.15) is 11.3 Å². The molecule has 1 heterocycles. The summed E-state index contributed by atoms with van der Waals surface area (Å²) in [5, 5.41) is 4.02. The maximum Gasteiger partial charge on any atom is 0.248 e. The second kappa shape index (κ2) is 7.70. The number of rotatable bonds is 5. The van der Waals surface area contributed by atoms with E-state index in [0.717, 1.165) is 56.7 Å². The number of nitrogens with one attached hydrogen (secondary N) is 1. The van der Waals surface area contributed by atoms with E-state index in [2.05, 4.69) is 12.2 Å². The molecule has 0 aliphatic heterocycles. The number of benzene rings is 2. The Kier molecular flexibility index (Phi) is 5.36. The predicted octanol–water partition coefficient (Wildman–Crippen LogP) is 5.66. The number of anilines is 1. The van der Waals surface area contributed by atoms with Crippen LogP contribution in [0.25, 0.3) is 16.5 Å². The summed E-state index contributed by atoms with van der Waals surface area (Å²) in [4.78, 5) is 12.6. The number of carbonyl (C=O) groups excluding carboxylic acids is 1. The van der Waals surface area contributed by atoms with Gasteiger partial charge in [0.15, 0.2) is 0 Å². The molecular formula is C23H25NO3. The Morgan fingerprint density at radius 1 is 1.26 bits per heavy atom. The second-order valence-corrected chi connectivity index (χ2v) is 6.71. The van der Waals surface area contributed by atoms with E-state index in [4.69, 9.17) is 9.15 Å². The molecule has 0 atom stereocenters. The van der Waals surface area contributed by atoms with Gasteiger partial charge < -0.3 is 14.5 Å². The zero-order valence-corrected chi connectivity index (χ0v) is 16.5. The number of hydrogen-bond acceptors (Lipinski definition) is 3. The van der Waals surface area contributed by atoms with Crippen LogP contribution >= 0.6 is 0 Å². The van der Waals surface area contributed by atoms with Crippen LogP contribution in [0.3, 0.4) is 0 Å². The van der Waals surface area contributed by atoms with Crippen molar-refractivity contribution in [3.8, 4) is 5.75 Å². The van der Waals surface area contributed by atoms with Gasteiger partial charge >= 0.3 is 0 Å². The van der Waals surface area contributed by atoms with Gasteiger partial charge in [-0.05, 0) is 56.0 Å². The molecular weight excluding hydrogens is 338 g/mol. The SMILES string of the molecule is CCc1ccccc1NC(=O)/C=C(\C)c1cc2c(C)coc2c(C)c1OC. The Balaban J connectivity index is 1.98. The predicted molar refractivity (Wildman–Crippen MR) is 110 cm³/mol. The standard InChI is InChI=1S/C23H25NO3/c1-6-17-9-7-8-10-20(17)24-21(25)11-14(2)18-12-19-15(3)13-27-23(19)16(4)22(18)26-5/h7-13H,6H2,1-5H3,(H,24,25)/b14-11+. The highest BCUT2D eigenvalue weighted by molar-refractivity contribution is 6.05. The van der Waals surface area contributed by atoms with Crippen LogP contribution in [0.1, 0.15) is 36.1 Å². The van der Waals surface area contributed by atoms with Crippen LogP contribution in [0.5, 0.6) is 5.75 Å². The van der Waals surface area contributed by atoms with Gasteiger partial charge in [0, 0.05) is 28.3 Å². The average Bonchev–Trinajstić information content (AvgIpc) is 3.03. The molecule has 2 aromatic carbocycles. The molecule has 3 rings (SSSR count). The summed E-state index contributed by atoms with van der Waals surface area (Å²) in [6.07, 6.45) is 4.22. The molecule has 0 radical (unpaired) electrons. The number of carbonyl (C=O) groups is 1. The van der Waals surface area contributed by atoms with Crippen LogP contribution in [0, 0.1) is 13.8 Å². The lowest BCUT2D eigenvalue weighted by atomic mass is 9.98. The highest BCUT2D eigenvalue weighted by Crippen LogP contribution is 2.37. The minimum absolute atomic E-state index is 0.155. The van der Waals surface area contributed by atoms with Crippen LogP contribution < -0.4 is 10.1 Å². The molecule has 4 nitrogen and oxygen atoms in total. The molecule has 1 amide bonds. The molecule has 0 unspecified atom stereocenters. The molecule has 0 aliphatic rings. The van der Waals surface area contributed by atoms with Gasteiger partial charge in [-0.3, -0.25) is 4.79 Å². The van der Waals surface area contributed by atoms with E-state index >= 15 is 0 Å². The lowest BCUT2D eigenvalue weighted by Crippen LogP contribution is -2.10. The molecule has 0 aliphatic carbocycles. The van der Waals surface area contributed by atoms with Gasteiger partial charge in [0.25, 0.3) is 0 Å². The summed E-state index contributed by atoms with van der Waals surface area (Å²) in [6.45, 7) is 7.97. The molecule has 27 heavy (non-hydrogen) atoms. The Hall–Kier alpha value is -3.01. The van der Waals surface area contributed by atoms with Crippen molar-refractivity contribution < 1.29 is 13.9 Å². The number of hydrogen-bond donors (Lipinski definition) is 1. The smallest absolute Gasteiger partial charge is 0.248 e. The molecule has 1 N–H and O–H groups in total. The topological polar surface area (TPSA) is 51.5 Å². The van der Waals surface area contributed by atoms with Gasteiger partial charge in [0.2, 0.25) is 5.91 Å². The van der Waals surface area contributed by atoms with E-state index in [0.29, 0.717) is 0 Å². The fourth-order valence-corrected chi connectivity index (χ4v) is 3.39. The summed E-state index contributed by atoms with van der Waals surface area (Å²) in [7, 11) is 1.64. The second-order valence-electron chi connectivity index (χ2n) is 6.71. The van der Waals surface area contributed by atoms with Crippen LogP contribution in [-0.2, 0) is 11.2 Å². The van der Waals surface area contributed by atoms with E-state index in [1.165, 1.54) is 0 Å². The van der Waals surface area contributed by atoms with Gasteiger partial charge in [-0.2, -0.15) is 0 Å². The molecule has 4 heteroatoms. The highest BCUT2D eigenvalue weighted by Gasteiger charge is 2.17. The minimum atomic E-state index is -0.155. The van der Waals surface area contributed by atoms with Gasteiger partial charge in [-0.1, -0.05) is 25.1 Å². The first-order chi connectivity index (χ1) is 13.0. The lowest BCUT2D eigenvalue weighted by Gasteiger charge is -2.13. The summed E-state index contributed by atoms with van der Waals surface area (Å²) in [5.41, 5.74) is 6.50. The van der Waals surface area contributed by atoms with Crippen LogP contribution in [-0.4, -0.2) is 13.0 Å². The number of amides is 1. The molecule has 0 saturated heterocycles. The summed E-state index contributed by atoms with van der Waals surface area (Å²) >= 11 is 0. The Labute approximate surface area is 159 Å². The van der Waals surface area contributed by atoms with Crippen molar-refractivity contribution in [1.82, 2.24) is 0 Å². The van der Waals surface area contributed by atoms with Crippen LogP contribution in [0.4, 0.5) is 5.69 Å². The summed E-state index contributed by atoms with van der Waals surface area (Å²) < 4.78 is 11.3. The number of methoxy groups -OCH3 is 1. The Morgan fingerprint density at radius 3 is 2.70 bits per heavy atom. The first-order valence-corrected chi connectivity index (χ1v) is 9.09. The molecule has 140 valence electrons. The Morgan fingerprint density at radius 2 is 2.00 bits per heavy atom. The zero-order valence-electron chi connectivity index (χ0n) is 16.5. The van der Waals surface area contributed by atoms with Crippen molar-refractivity contribution in [3.63, 3.8) is 0 Å².